The number of halogens is 3. The van der Waals surface area contributed by atoms with E-state index in [1.165, 1.54) is 12.1 Å². The van der Waals surface area contributed by atoms with Crippen molar-refractivity contribution in [3.8, 4) is 0 Å². The van der Waals surface area contributed by atoms with Gasteiger partial charge in [-0.05, 0) is 51.2 Å². The fourth-order valence-corrected chi connectivity index (χ4v) is 3.07. The van der Waals surface area contributed by atoms with E-state index in [4.69, 9.17) is 0 Å². The molecule has 1 unspecified atom stereocenters. The van der Waals surface area contributed by atoms with Crippen molar-refractivity contribution in [2.75, 3.05) is 6.54 Å². The van der Waals surface area contributed by atoms with Gasteiger partial charge in [-0.1, -0.05) is 26.0 Å². The van der Waals surface area contributed by atoms with Crippen molar-refractivity contribution < 1.29 is 18.0 Å². The van der Waals surface area contributed by atoms with E-state index in [0.29, 0.717) is 11.1 Å². The van der Waals surface area contributed by atoms with E-state index in [2.05, 4.69) is 32.6 Å². The maximum atomic E-state index is 13.0. The molecule has 1 heterocycles. The molecular formula is C20H26F3NO. The second-order valence-electron chi connectivity index (χ2n) is 7.98. The molecule has 2 nitrogen and oxygen atoms in total. The summed E-state index contributed by atoms with van der Waals surface area (Å²) in [7, 11) is 0. The van der Waals surface area contributed by atoms with Crippen molar-refractivity contribution in [1.82, 2.24) is 4.90 Å². The molecule has 5 heteroatoms. The van der Waals surface area contributed by atoms with Crippen molar-refractivity contribution >= 4 is 5.78 Å². The number of ketones is 1. The Bertz CT molecular complexity index is 668. The summed E-state index contributed by atoms with van der Waals surface area (Å²) in [4.78, 5) is 15.2. The molecule has 1 aromatic rings. The normalized spacial score (nSPS) is 21.9. The minimum atomic E-state index is -4.40. The van der Waals surface area contributed by atoms with Gasteiger partial charge in [-0.2, -0.15) is 13.2 Å². The Hall–Kier alpha value is -1.78. The number of alkyl halides is 3. The quantitative estimate of drug-likeness (QED) is 0.650. The van der Waals surface area contributed by atoms with Crippen molar-refractivity contribution in [2.45, 2.75) is 59.2 Å². The van der Waals surface area contributed by atoms with Crippen LogP contribution in [0.3, 0.4) is 0 Å². The van der Waals surface area contributed by atoms with E-state index in [0.717, 1.165) is 31.5 Å². The molecular weight excluding hydrogens is 327 g/mol. The highest BCUT2D eigenvalue weighted by Crippen LogP contribution is 2.41. The molecule has 0 bridgehead atoms. The Labute approximate surface area is 147 Å². The summed E-state index contributed by atoms with van der Waals surface area (Å²) in [5, 5.41) is 0. The van der Waals surface area contributed by atoms with Crippen molar-refractivity contribution in [3.63, 3.8) is 0 Å². The number of hydrogen-bond donors (Lipinski definition) is 0. The van der Waals surface area contributed by atoms with Gasteiger partial charge in [0.15, 0.2) is 5.78 Å². The van der Waals surface area contributed by atoms with Gasteiger partial charge >= 0.3 is 6.18 Å². The predicted molar refractivity (Wildman–Crippen MR) is 93.3 cm³/mol. The zero-order valence-corrected chi connectivity index (χ0v) is 15.5. The summed E-state index contributed by atoms with van der Waals surface area (Å²) in [5.74, 6) is -0.188. The van der Waals surface area contributed by atoms with Crippen LogP contribution in [0.5, 0.6) is 0 Å². The maximum Gasteiger partial charge on any atom is 0.416 e. The van der Waals surface area contributed by atoms with E-state index in [1.807, 2.05) is 13.1 Å². The highest BCUT2D eigenvalue weighted by atomic mass is 19.4. The van der Waals surface area contributed by atoms with Gasteiger partial charge in [0.2, 0.25) is 0 Å². The highest BCUT2D eigenvalue weighted by Gasteiger charge is 2.38. The number of rotatable bonds is 3. The van der Waals surface area contributed by atoms with E-state index >= 15 is 0 Å². The molecule has 0 amide bonds. The van der Waals surface area contributed by atoms with Crippen LogP contribution >= 0.6 is 0 Å². The Morgan fingerprint density at radius 1 is 1.16 bits per heavy atom. The SMILES string of the molecule is CCC1(C)CCN(C(C)(C)C)C=C1C(=O)c1ccc(C(F)(F)F)cc1. The standard InChI is InChI=1S/C20H26F3NO/c1-6-19(5)11-12-24(18(2,3)4)13-16(19)17(25)14-7-9-15(10-8-14)20(21,22)23/h7-10,13H,6,11-12H2,1-5H3. The average Bonchev–Trinajstić information content (AvgIpc) is 2.53. The van der Waals surface area contributed by atoms with Gasteiger partial charge in [-0.3, -0.25) is 4.79 Å². The van der Waals surface area contributed by atoms with Crippen LogP contribution in [0, 0.1) is 5.41 Å². The first kappa shape index (κ1) is 19.5. The third-order valence-electron chi connectivity index (χ3n) is 5.20. The molecule has 0 aromatic heterocycles. The number of Topliss-reactive ketones (excluding diaryl/α,β-unsaturated/α-hetero) is 1. The first-order chi connectivity index (χ1) is 11.4. The zero-order valence-electron chi connectivity index (χ0n) is 15.5. The lowest BCUT2D eigenvalue weighted by Gasteiger charge is -2.44. The third kappa shape index (κ3) is 4.07. The van der Waals surface area contributed by atoms with Crippen LogP contribution in [0.25, 0.3) is 0 Å². The third-order valence-corrected chi connectivity index (χ3v) is 5.20. The summed E-state index contributed by atoms with van der Waals surface area (Å²) in [6.07, 6.45) is -0.832. The van der Waals surface area contributed by atoms with E-state index in [1.54, 1.807) is 0 Å². The van der Waals surface area contributed by atoms with Gasteiger partial charge in [0, 0.05) is 29.4 Å². The van der Waals surface area contributed by atoms with Crippen molar-refractivity contribution in [2.24, 2.45) is 5.41 Å². The number of nitrogens with zero attached hydrogens (tertiary/aromatic N) is 1. The largest absolute Gasteiger partial charge is 0.416 e. The summed E-state index contributed by atoms with van der Waals surface area (Å²) in [6, 6.07) is 4.50. The summed E-state index contributed by atoms with van der Waals surface area (Å²) < 4.78 is 38.2. The van der Waals surface area contributed by atoms with Gasteiger partial charge in [0.05, 0.1) is 5.56 Å². The lowest BCUT2D eigenvalue weighted by atomic mass is 9.72. The molecule has 2 rings (SSSR count). The van der Waals surface area contributed by atoms with Gasteiger partial charge in [-0.15, -0.1) is 0 Å². The fourth-order valence-electron chi connectivity index (χ4n) is 3.07. The molecule has 0 aliphatic carbocycles. The number of carbonyl (C=O) groups excluding carboxylic acids is 1. The second kappa shape index (κ2) is 6.50. The lowest BCUT2D eigenvalue weighted by Crippen LogP contribution is -2.44. The van der Waals surface area contributed by atoms with Crippen LogP contribution in [0.1, 0.15) is 63.4 Å². The Morgan fingerprint density at radius 3 is 2.16 bits per heavy atom. The van der Waals surface area contributed by atoms with Crippen LogP contribution in [-0.2, 0) is 6.18 Å². The van der Waals surface area contributed by atoms with Gasteiger partial charge < -0.3 is 4.90 Å². The molecule has 25 heavy (non-hydrogen) atoms. The van der Waals surface area contributed by atoms with E-state index in [9.17, 15) is 18.0 Å². The molecule has 0 saturated heterocycles. The second-order valence-corrected chi connectivity index (χ2v) is 7.98. The van der Waals surface area contributed by atoms with Crippen LogP contribution in [0.15, 0.2) is 36.0 Å². The Balaban J connectivity index is 2.41. The van der Waals surface area contributed by atoms with Crippen LogP contribution in [0.4, 0.5) is 13.2 Å². The Kier molecular flexibility index (Phi) is 5.08. The molecule has 1 atom stereocenters. The minimum Gasteiger partial charge on any atom is -0.372 e. The molecule has 138 valence electrons. The van der Waals surface area contributed by atoms with Gasteiger partial charge in [0.25, 0.3) is 0 Å². The summed E-state index contributed by atoms with van der Waals surface area (Å²) >= 11 is 0. The first-order valence-electron chi connectivity index (χ1n) is 8.59. The monoisotopic (exact) mass is 353 g/mol. The number of benzene rings is 1. The van der Waals surface area contributed by atoms with Crippen LogP contribution < -0.4 is 0 Å². The number of carbonyl (C=O) groups is 1. The number of hydrogen-bond acceptors (Lipinski definition) is 2. The fraction of sp³-hybridized carbons (Fsp3) is 0.550. The molecule has 0 saturated carbocycles. The van der Waals surface area contributed by atoms with Crippen LogP contribution in [-0.4, -0.2) is 22.8 Å². The maximum absolute atomic E-state index is 13.0. The lowest BCUT2D eigenvalue weighted by molar-refractivity contribution is -0.137. The van der Waals surface area contributed by atoms with Crippen molar-refractivity contribution in [1.29, 1.82) is 0 Å². The summed E-state index contributed by atoms with van der Waals surface area (Å²) in [5.41, 5.74) is -0.135. The summed E-state index contributed by atoms with van der Waals surface area (Å²) in [6.45, 7) is 11.2. The highest BCUT2D eigenvalue weighted by molar-refractivity contribution is 6.09. The van der Waals surface area contributed by atoms with Gasteiger partial charge in [0.1, 0.15) is 0 Å². The minimum absolute atomic E-state index is 0.110. The topological polar surface area (TPSA) is 20.3 Å². The molecule has 0 radical (unpaired) electrons. The zero-order chi connectivity index (χ0) is 19.0. The first-order valence-corrected chi connectivity index (χ1v) is 8.59. The predicted octanol–water partition coefficient (Wildman–Crippen LogP) is 5.69. The van der Waals surface area contributed by atoms with Crippen molar-refractivity contribution in [3.05, 3.63) is 47.2 Å². The Morgan fingerprint density at radius 2 is 1.72 bits per heavy atom. The van der Waals surface area contributed by atoms with E-state index in [-0.39, 0.29) is 16.7 Å². The molecule has 0 spiro atoms. The molecule has 1 aliphatic rings. The molecule has 1 aliphatic heterocycles. The number of allylic oxidation sites excluding steroid dienone is 1. The van der Waals surface area contributed by atoms with Gasteiger partial charge in [-0.25, -0.2) is 0 Å². The average molecular weight is 353 g/mol. The molecule has 0 fully saturated rings. The van der Waals surface area contributed by atoms with E-state index < -0.39 is 11.7 Å². The molecule has 1 aromatic carbocycles. The van der Waals surface area contributed by atoms with Crippen LogP contribution in [0.2, 0.25) is 0 Å². The smallest absolute Gasteiger partial charge is 0.372 e. The molecule has 0 N–H and O–H groups in total.